The third-order valence-electron chi connectivity index (χ3n) is 7.52. The Balaban J connectivity index is 1.29. The summed E-state index contributed by atoms with van der Waals surface area (Å²) in [5.41, 5.74) is 6.16. The van der Waals surface area contributed by atoms with Crippen LogP contribution in [0.25, 0.3) is 28.0 Å². The summed E-state index contributed by atoms with van der Waals surface area (Å²) in [4.78, 5) is 7.09. The van der Waals surface area contributed by atoms with Crippen molar-refractivity contribution >= 4 is 21.6 Å². The van der Waals surface area contributed by atoms with Crippen molar-refractivity contribution in [1.29, 1.82) is 0 Å². The lowest BCUT2D eigenvalue weighted by Crippen LogP contribution is -2.36. The molecule has 0 bridgehead atoms. The fourth-order valence-electron chi connectivity index (χ4n) is 5.54. The standard InChI is InChI=1S/C30H23BrF2N4O/c1-17-22-8-3-2-5-18(22)11-12-36(17)30-28(38-30)26-15-24(19-6-4-7-21(32)13-19)29-34-27(16-37(29)35-26)23-10-9-20(31)14-25(23)33/h2-10,13-17,28,30H,11-12H2,1H3/t17-,28?,30?/m1/s1. The van der Waals surface area contributed by atoms with Crippen LogP contribution in [0.15, 0.2) is 83.5 Å². The number of hydrogen-bond acceptors (Lipinski definition) is 4. The van der Waals surface area contributed by atoms with Crippen LogP contribution >= 0.6 is 15.9 Å². The van der Waals surface area contributed by atoms with E-state index in [1.54, 1.807) is 28.9 Å². The highest BCUT2D eigenvalue weighted by Crippen LogP contribution is 2.46. The van der Waals surface area contributed by atoms with Gasteiger partial charge in [0.05, 0.1) is 17.6 Å². The minimum Gasteiger partial charge on any atom is -0.346 e. The van der Waals surface area contributed by atoms with Gasteiger partial charge in [0.2, 0.25) is 0 Å². The van der Waals surface area contributed by atoms with Crippen LogP contribution in [0.5, 0.6) is 0 Å². The normalized spacial score (nSPS) is 21.0. The quantitative estimate of drug-likeness (QED) is 0.215. The third-order valence-corrected chi connectivity index (χ3v) is 8.01. The van der Waals surface area contributed by atoms with Gasteiger partial charge in [-0.3, -0.25) is 4.90 Å². The van der Waals surface area contributed by atoms with Crippen LogP contribution in [0.2, 0.25) is 0 Å². The van der Waals surface area contributed by atoms with E-state index in [4.69, 9.17) is 14.8 Å². The summed E-state index contributed by atoms with van der Waals surface area (Å²) < 4.78 is 37.5. The Morgan fingerprint density at radius 2 is 1.84 bits per heavy atom. The predicted molar refractivity (Wildman–Crippen MR) is 144 cm³/mol. The van der Waals surface area contributed by atoms with E-state index in [0.29, 0.717) is 32.5 Å². The predicted octanol–water partition coefficient (Wildman–Crippen LogP) is 7.12. The van der Waals surface area contributed by atoms with Gasteiger partial charge in [-0.25, -0.2) is 18.3 Å². The van der Waals surface area contributed by atoms with E-state index in [1.165, 1.54) is 29.3 Å². The van der Waals surface area contributed by atoms with Gasteiger partial charge in [-0.05, 0) is 66.4 Å². The lowest BCUT2D eigenvalue weighted by Gasteiger charge is -2.34. The summed E-state index contributed by atoms with van der Waals surface area (Å²) in [5, 5.41) is 4.83. The van der Waals surface area contributed by atoms with Gasteiger partial charge >= 0.3 is 0 Å². The minimum atomic E-state index is -0.389. The highest BCUT2D eigenvalue weighted by atomic mass is 79.9. The Morgan fingerprint density at radius 1 is 0.974 bits per heavy atom. The summed E-state index contributed by atoms with van der Waals surface area (Å²) in [6.07, 6.45) is 2.35. The van der Waals surface area contributed by atoms with E-state index in [1.807, 2.05) is 12.1 Å². The number of rotatable bonds is 4. The molecular weight excluding hydrogens is 550 g/mol. The summed E-state index contributed by atoms with van der Waals surface area (Å²) in [6.45, 7) is 3.11. The zero-order chi connectivity index (χ0) is 26.0. The molecule has 2 unspecified atom stereocenters. The Hall–Kier alpha value is -3.46. The molecule has 4 heterocycles. The summed E-state index contributed by atoms with van der Waals surface area (Å²) in [7, 11) is 0. The average molecular weight is 573 g/mol. The number of imidazole rings is 1. The lowest BCUT2D eigenvalue weighted by molar-refractivity contribution is 0.122. The van der Waals surface area contributed by atoms with Crippen molar-refractivity contribution in [2.45, 2.75) is 31.7 Å². The number of epoxide rings is 1. The maximum atomic E-state index is 14.8. The van der Waals surface area contributed by atoms with Gasteiger partial charge in [0, 0.05) is 28.2 Å². The first kappa shape index (κ1) is 23.6. The number of halogens is 3. The van der Waals surface area contributed by atoms with Crippen LogP contribution in [-0.4, -0.2) is 32.3 Å². The van der Waals surface area contributed by atoms with Crippen molar-refractivity contribution in [1.82, 2.24) is 19.5 Å². The molecule has 8 heteroatoms. The van der Waals surface area contributed by atoms with Crippen LogP contribution in [0.3, 0.4) is 0 Å². The Bertz CT molecular complexity index is 1700. The SMILES string of the molecule is C[C@@H]1c2ccccc2CCN1C1OC1c1cc(-c2cccc(F)c2)c2nc(-c3ccc(Br)cc3F)cn2n1. The second kappa shape index (κ2) is 9.08. The smallest absolute Gasteiger partial charge is 0.162 e. The van der Waals surface area contributed by atoms with E-state index in [-0.39, 0.29) is 30.0 Å². The van der Waals surface area contributed by atoms with Crippen molar-refractivity contribution in [2.24, 2.45) is 0 Å². The van der Waals surface area contributed by atoms with Crippen LogP contribution in [0.1, 0.15) is 35.9 Å². The van der Waals surface area contributed by atoms with Crippen LogP contribution in [0, 0.1) is 11.6 Å². The maximum Gasteiger partial charge on any atom is 0.162 e. The fraction of sp³-hybridized carbons (Fsp3) is 0.200. The van der Waals surface area contributed by atoms with Crippen molar-refractivity contribution < 1.29 is 13.5 Å². The van der Waals surface area contributed by atoms with Crippen LogP contribution < -0.4 is 0 Å². The molecule has 0 spiro atoms. The zero-order valence-electron chi connectivity index (χ0n) is 20.5. The van der Waals surface area contributed by atoms with Gasteiger partial charge in [0.15, 0.2) is 5.65 Å². The molecule has 0 N–H and O–H groups in total. The summed E-state index contributed by atoms with van der Waals surface area (Å²) in [6, 6.07) is 21.9. The van der Waals surface area contributed by atoms with Crippen molar-refractivity contribution in [2.75, 3.05) is 6.54 Å². The maximum absolute atomic E-state index is 14.8. The largest absolute Gasteiger partial charge is 0.346 e. The van der Waals surface area contributed by atoms with Gasteiger partial charge in [-0.1, -0.05) is 52.3 Å². The number of aromatic nitrogens is 3. The molecule has 3 atom stereocenters. The van der Waals surface area contributed by atoms with Gasteiger partial charge < -0.3 is 4.74 Å². The molecule has 0 radical (unpaired) electrons. The van der Waals surface area contributed by atoms with E-state index >= 15 is 0 Å². The van der Waals surface area contributed by atoms with Gasteiger partial charge in [-0.2, -0.15) is 5.10 Å². The van der Waals surface area contributed by atoms with Gasteiger partial charge in [0.1, 0.15) is 24.0 Å². The molecule has 2 aliphatic rings. The first-order valence-electron chi connectivity index (χ1n) is 12.6. The van der Waals surface area contributed by atoms with E-state index in [2.05, 4.69) is 52.0 Å². The average Bonchev–Trinajstić information content (AvgIpc) is 3.59. The second-order valence-electron chi connectivity index (χ2n) is 9.82. The number of fused-ring (bicyclic) bond motifs is 2. The molecule has 0 saturated carbocycles. The molecule has 7 rings (SSSR count). The van der Waals surface area contributed by atoms with Crippen molar-refractivity contribution in [3.05, 3.63) is 112 Å². The Kier molecular flexibility index (Phi) is 5.65. The van der Waals surface area contributed by atoms with E-state index in [0.717, 1.165) is 18.7 Å². The van der Waals surface area contributed by atoms with E-state index in [9.17, 15) is 8.78 Å². The molecule has 1 fully saturated rings. The van der Waals surface area contributed by atoms with Crippen molar-refractivity contribution in [3.63, 3.8) is 0 Å². The Labute approximate surface area is 226 Å². The summed E-state index contributed by atoms with van der Waals surface area (Å²) in [5.74, 6) is -0.730. The molecule has 5 aromatic rings. The van der Waals surface area contributed by atoms with Crippen LogP contribution in [-0.2, 0) is 11.2 Å². The number of nitrogens with zero attached hydrogens (tertiary/aromatic N) is 4. The number of benzene rings is 3. The van der Waals surface area contributed by atoms with Crippen molar-refractivity contribution in [3.8, 4) is 22.4 Å². The fourth-order valence-corrected chi connectivity index (χ4v) is 5.88. The molecule has 190 valence electrons. The first-order chi connectivity index (χ1) is 18.5. The molecular formula is C30H23BrF2N4O. The summed E-state index contributed by atoms with van der Waals surface area (Å²) >= 11 is 3.31. The topological polar surface area (TPSA) is 46.0 Å². The molecule has 3 aromatic carbocycles. The molecule has 38 heavy (non-hydrogen) atoms. The first-order valence-corrected chi connectivity index (χ1v) is 13.4. The second-order valence-corrected chi connectivity index (χ2v) is 10.7. The molecule has 2 aliphatic heterocycles. The van der Waals surface area contributed by atoms with Gasteiger partial charge in [0.25, 0.3) is 0 Å². The number of hydrogen-bond donors (Lipinski definition) is 0. The van der Waals surface area contributed by atoms with E-state index < -0.39 is 0 Å². The zero-order valence-corrected chi connectivity index (χ0v) is 22.1. The molecule has 5 nitrogen and oxygen atoms in total. The monoisotopic (exact) mass is 572 g/mol. The van der Waals surface area contributed by atoms with Crippen LogP contribution in [0.4, 0.5) is 8.78 Å². The lowest BCUT2D eigenvalue weighted by atomic mass is 9.93. The molecule has 0 amide bonds. The minimum absolute atomic E-state index is 0.101. The van der Waals surface area contributed by atoms with Gasteiger partial charge in [-0.15, -0.1) is 0 Å². The third kappa shape index (κ3) is 4.04. The highest BCUT2D eigenvalue weighted by Gasteiger charge is 2.49. The highest BCUT2D eigenvalue weighted by molar-refractivity contribution is 9.10. The molecule has 0 aliphatic carbocycles. The Morgan fingerprint density at radius 3 is 2.68 bits per heavy atom. The number of ether oxygens (including phenoxy) is 1. The molecule has 1 saturated heterocycles. The molecule has 2 aromatic heterocycles.